The third-order valence-electron chi connectivity index (χ3n) is 2.67. The highest BCUT2D eigenvalue weighted by molar-refractivity contribution is 7.12. The van der Waals surface area contributed by atoms with Crippen LogP contribution in [0.15, 0.2) is 30.3 Å². The Kier molecular flexibility index (Phi) is 3.75. The summed E-state index contributed by atoms with van der Waals surface area (Å²) in [5.74, 6) is 0.849. The van der Waals surface area contributed by atoms with E-state index < -0.39 is 0 Å². The van der Waals surface area contributed by atoms with Crippen LogP contribution in [0.1, 0.15) is 26.3 Å². The summed E-state index contributed by atoms with van der Waals surface area (Å²) in [5.41, 5.74) is 2.23. The van der Waals surface area contributed by atoms with Crippen LogP contribution >= 0.6 is 22.9 Å². The van der Waals surface area contributed by atoms with Crippen LogP contribution in [0.3, 0.4) is 0 Å². The van der Waals surface area contributed by atoms with Gasteiger partial charge in [-0.2, -0.15) is 0 Å². The molecule has 0 saturated carbocycles. The summed E-state index contributed by atoms with van der Waals surface area (Å²) in [7, 11) is 1.68. The first-order valence-electron chi connectivity index (χ1n) is 5.46. The van der Waals surface area contributed by atoms with E-state index in [1.807, 2.05) is 12.1 Å². The van der Waals surface area contributed by atoms with Crippen molar-refractivity contribution in [2.45, 2.75) is 19.2 Å². The van der Waals surface area contributed by atoms with Gasteiger partial charge in [-0.05, 0) is 32.0 Å². The topological polar surface area (TPSA) is 9.23 Å². The Balaban J connectivity index is 2.42. The Morgan fingerprint density at radius 3 is 2.53 bits per heavy atom. The highest BCUT2D eigenvalue weighted by Crippen LogP contribution is 2.38. The van der Waals surface area contributed by atoms with E-state index >= 15 is 0 Å². The summed E-state index contributed by atoms with van der Waals surface area (Å²) >= 11 is 8.26. The van der Waals surface area contributed by atoms with Crippen LogP contribution in [0.25, 0.3) is 0 Å². The van der Waals surface area contributed by atoms with E-state index in [1.54, 1.807) is 18.4 Å². The number of aryl methyl sites for hydroxylation is 2. The zero-order chi connectivity index (χ0) is 12.4. The molecule has 17 heavy (non-hydrogen) atoms. The van der Waals surface area contributed by atoms with Gasteiger partial charge in [-0.3, -0.25) is 0 Å². The summed E-state index contributed by atoms with van der Waals surface area (Å²) in [6.45, 7) is 4.15. The average Bonchev–Trinajstić information content (AvgIpc) is 2.75. The number of rotatable bonds is 3. The van der Waals surface area contributed by atoms with E-state index in [9.17, 15) is 0 Å². The van der Waals surface area contributed by atoms with E-state index in [-0.39, 0.29) is 5.38 Å². The van der Waals surface area contributed by atoms with Gasteiger partial charge in [0.2, 0.25) is 0 Å². The quantitative estimate of drug-likeness (QED) is 0.732. The number of hydrogen-bond acceptors (Lipinski definition) is 2. The van der Waals surface area contributed by atoms with Crippen molar-refractivity contribution in [2.75, 3.05) is 7.11 Å². The fraction of sp³-hybridized carbons (Fsp3) is 0.286. The fourth-order valence-corrected chi connectivity index (χ4v) is 3.05. The number of ether oxygens (including phenoxy) is 1. The van der Waals surface area contributed by atoms with Crippen LogP contribution in [-0.4, -0.2) is 7.11 Å². The third-order valence-corrected chi connectivity index (χ3v) is 4.33. The predicted molar refractivity (Wildman–Crippen MR) is 74.5 cm³/mol. The number of halogens is 1. The van der Waals surface area contributed by atoms with Crippen molar-refractivity contribution in [1.29, 1.82) is 0 Å². The Labute approximate surface area is 111 Å². The molecule has 0 saturated heterocycles. The molecule has 2 rings (SSSR count). The van der Waals surface area contributed by atoms with Crippen molar-refractivity contribution in [3.05, 3.63) is 51.2 Å². The lowest BCUT2D eigenvalue weighted by Gasteiger charge is -2.13. The minimum atomic E-state index is -0.136. The maximum absolute atomic E-state index is 6.53. The summed E-state index contributed by atoms with van der Waals surface area (Å²) < 4.78 is 5.37. The highest BCUT2D eigenvalue weighted by atomic mass is 35.5. The van der Waals surface area contributed by atoms with Crippen LogP contribution in [0.4, 0.5) is 0 Å². The van der Waals surface area contributed by atoms with Crippen molar-refractivity contribution in [3.8, 4) is 5.75 Å². The standard InChI is InChI=1S/C14H15ClOS/c1-9-4-6-12(16-3)11(8-9)14(15)13-7-5-10(2)17-13/h4-8,14H,1-3H3. The number of benzene rings is 1. The van der Waals surface area contributed by atoms with Gasteiger partial charge in [0, 0.05) is 15.3 Å². The van der Waals surface area contributed by atoms with Gasteiger partial charge in [-0.15, -0.1) is 22.9 Å². The minimum Gasteiger partial charge on any atom is -0.496 e. The lowest BCUT2D eigenvalue weighted by molar-refractivity contribution is 0.410. The SMILES string of the molecule is COc1ccc(C)cc1C(Cl)c1ccc(C)s1. The van der Waals surface area contributed by atoms with Gasteiger partial charge in [-0.25, -0.2) is 0 Å². The van der Waals surface area contributed by atoms with Gasteiger partial charge in [0.05, 0.1) is 12.5 Å². The van der Waals surface area contributed by atoms with Gasteiger partial charge in [0.25, 0.3) is 0 Å². The molecule has 2 aromatic rings. The molecule has 1 unspecified atom stereocenters. The van der Waals surface area contributed by atoms with Crippen molar-refractivity contribution in [2.24, 2.45) is 0 Å². The maximum Gasteiger partial charge on any atom is 0.123 e. The Morgan fingerprint density at radius 1 is 1.18 bits per heavy atom. The van der Waals surface area contributed by atoms with E-state index in [0.717, 1.165) is 16.2 Å². The smallest absolute Gasteiger partial charge is 0.123 e. The second-order valence-electron chi connectivity index (χ2n) is 4.06. The van der Waals surface area contributed by atoms with Gasteiger partial charge >= 0.3 is 0 Å². The molecule has 90 valence electrons. The maximum atomic E-state index is 6.53. The van der Waals surface area contributed by atoms with Crippen LogP contribution in [-0.2, 0) is 0 Å². The van der Waals surface area contributed by atoms with Gasteiger partial charge < -0.3 is 4.74 Å². The molecule has 0 N–H and O–H groups in total. The van der Waals surface area contributed by atoms with E-state index in [2.05, 4.69) is 32.0 Å². The Bertz CT molecular complexity index is 519. The first-order valence-corrected chi connectivity index (χ1v) is 6.72. The molecule has 0 spiro atoms. The molecule has 0 radical (unpaired) electrons. The van der Waals surface area contributed by atoms with Crippen LogP contribution in [0.2, 0.25) is 0 Å². The molecular weight excluding hydrogens is 252 g/mol. The van der Waals surface area contributed by atoms with Gasteiger partial charge in [0.1, 0.15) is 5.75 Å². The summed E-state index contributed by atoms with van der Waals surface area (Å²) in [4.78, 5) is 2.44. The Hall–Kier alpha value is -0.990. The Morgan fingerprint density at radius 2 is 1.94 bits per heavy atom. The van der Waals surface area contributed by atoms with E-state index in [4.69, 9.17) is 16.3 Å². The van der Waals surface area contributed by atoms with Crippen LogP contribution in [0, 0.1) is 13.8 Å². The van der Waals surface area contributed by atoms with Crippen molar-refractivity contribution in [1.82, 2.24) is 0 Å². The molecule has 0 amide bonds. The lowest BCUT2D eigenvalue weighted by Crippen LogP contribution is -1.96. The number of thiophene rings is 1. The normalized spacial score (nSPS) is 12.5. The second kappa shape index (κ2) is 5.11. The molecule has 1 nitrogen and oxygen atoms in total. The molecule has 0 bridgehead atoms. The zero-order valence-corrected chi connectivity index (χ0v) is 11.7. The molecule has 0 aliphatic carbocycles. The van der Waals surface area contributed by atoms with E-state index in [0.29, 0.717) is 0 Å². The minimum absolute atomic E-state index is 0.136. The average molecular weight is 267 g/mol. The molecule has 3 heteroatoms. The number of hydrogen-bond donors (Lipinski definition) is 0. The highest BCUT2D eigenvalue weighted by Gasteiger charge is 2.17. The molecule has 1 atom stereocenters. The monoisotopic (exact) mass is 266 g/mol. The summed E-state index contributed by atoms with van der Waals surface area (Å²) in [5, 5.41) is -0.136. The van der Waals surface area contributed by atoms with Crippen LogP contribution in [0.5, 0.6) is 5.75 Å². The lowest BCUT2D eigenvalue weighted by atomic mass is 10.1. The molecule has 1 aromatic heterocycles. The van der Waals surface area contributed by atoms with Crippen molar-refractivity contribution < 1.29 is 4.74 Å². The van der Waals surface area contributed by atoms with Gasteiger partial charge in [0.15, 0.2) is 0 Å². The van der Waals surface area contributed by atoms with Crippen molar-refractivity contribution in [3.63, 3.8) is 0 Å². The van der Waals surface area contributed by atoms with E-state index in [1.165, 1.54) is 10.4 Å². The first-order chi connectivity index (χ1) is 8.11. The molecule has 0 fully saturated rings. The molecule has 1 heterocycles. The first kappa shape index (κ1) is 12.5. The summed E-state index contributed by atoms with van der Waals surface area (Å²) in [6, 6.07) is 10.3. The van der Waals surface area contributed by atoms with Crippen LogP contribution < -0.4 is 4.74 Å². The van der Waals surface area contributed by atoms with Gasteiger partial charge in [-0.1, -0.05) is 17.7 Å². The predicted octanol–water partition coefficient (Wildman–Crippen LogP) is 4.70. The molecular formula is C14H15ClOS. The number of alkyl halides is 1. The van der Waals surface area contributed by atoms with Crippen molar-refractivity contribution >= 4 is 22.9 Å². The largest absolute Gasteiger partial charge is 0.496 e. The molecule has 1 aromatic carbocycles. The zero-order valence-electron chi connectivity index (χ0n) is 10.2. The molecule has 0 aliphatic heterocycles. The summed E-state index contributed by atoms with van der Waals surface area (Å²) in [6.07, 6.45) is 0. The molecule has 0 aliphatic rings. The second-order valence-corrected chi connectivity index (χ2v) is 5.81. The number of methoxy groups -OCH3 is 1. The fourth-order valence-electron chi connectivity index (χ4n) is 1.79. The third kappa shape index (κ3) is 2.64.